The van der Waals surface area contributed by atoms with E-state index in [-0.39, 0.29) is 5.04 Å². The van der Waals surface area contributed by atoms with E-state index in [1.54, 1.807) is 19.3 Å². The average Bonchev–Trinajstić information content (AvgIpc) is 3.35. The Bertz CT molecular complexity index is 774. The Kier molecular flexibility index (Phi) is 5.40. The van der Waals surface area contributed by atoms with Crippen molar-refractivity contribution in [1.82, 2.24) is 0 Å². The lowest BCUT2D eigenvalue weighted by molar-refractivity contribution is -0.106. The van der Waals surface area contributed by atoms with Gasteiger partial charge in [0.2, 0.25) is 0 Å². The fraction of sp³-hybridized carbons (Fsp3) is 0.476. The lowest BCUT2D eigenvalue weighted by Gasteiger charge is -2.45. The molecule has 26 heavy (non-hydrogen) atoms. The van der Waals surface area contributed by atoms with Crippen LogP contribution in [0.5, 0.6) is 0 Å². The molecule has 0 radical (unpaired) electrons. The first kappa shape index (κ1) is 20.3. The van der Waals surface area contributed by atoms with Crippen molar-refractivity contribution in [3.05, 3.63) is 35.6 Å². The predicted octanol–water partition coefficient (Wildman–Crippen LogP) is 3.38. The van der Waals surface area contributed by atoms with Crippen LogP contribution in [-0.2, 0) is 18.7 Å². The molecule has 2 aliphatic rings. The van der Waals surface area contributed by atoms with Crippen molar-refractivity contribution in [1.29, 1.82) is 0 Å². The SMILES string of the molecule is C#C/C=C\C#CC1(O[Si](C)(C)C(C)(C)C)C=C(OC)C=C(C=O)C12CO2. The van der Waals surface area contributed by atoms with Gasteiger partial charge in [0, 0.05) is 11.6 Å². The number of terminal acetylenes is 1. The summed E-state index contributed by atoms with van der Waals surface area (Å²) >= 11 is 0. The van der Waals surface area contributed by atoms with Gasteiger partial charge in [-0.15, -0.1) is 6.42 Å². The van der Waals surface area contributed by atoms with E-state index in [1.807, 2.05) is 6.08 Å². The molecule has 1 spiro atoms. The Hall–Kier alpha value is -2.05. The molecule has 138 valence electrons. The number of methoxy groups -OCH3 is 1. The molecule has 2 unspecified atom stereocenters. The van der Waals surface area contributed by atoms with E-state index in [0.717, 1.165) is 6.29 Å². The van der Waals surface area contributed by atoms with Crippen LogP contribution in [0.1, 0.15) is 20.8 Å². The quantitative estimate of drug-likeness (QED) is 0.329. The lowest BCUT2D eigenvalue weighted by atomic mass is 9.78. The summed E-state index contributed by atoms with van der Waals surface area (Å²) in [7, 11) is -0.702. The van der Waals surface area contributed by atoms with E-state index in [2.05, 4.69) is 51.6 Å². The van der Waals surface area contributed by atoms with Crippen LogP contribution in [0.4, 0.5) is 0 Å². The standard InChI is InChI=1S/C21H26O4Si/c1-8-9-10-11-12-20(25-26(6,7)19(2,3)4)14-18(23-5)13-17(15-22)21(20)16-24-21/h1,9-10,13-15H,16H2,2-7H3/b10-9-. The van der Waals surface area contributed by atoms with Gasteiger partial charge < -0.3 is 13.9 Å². The molecule has 1 aliphatic heterocycles. The summed E-state index contributed by atoms with van der Waals surface area (Å²) in [4.78, 5) is 11.7. The van der Waals surface area contributed by atoms with Crippen LogP contribution in [0, 0.1) is 24.2 Å². The molecule has 0 aromatic carbocycles. The number of epoxide rings is 1. The summed E-state index contributed by atoms with van der Waals surface area (Å²) in [5.74, 6) is 9.08. The summed E-state index contributed by atoms with van der Waals surface area (Å²) in [5, 5.41) is -0.0456. The van der Waals surface area contributed by atoms with Gasteiger partial charge in [-0.05, 0) is 36.4 Å². The fourth-order valence-electron chi connectivity index (χ4n) is 2.61. The molecule has 2 rings (SSSR count). The smallest absolute Gasteiger partial charge is 0.194 e. The third-order valence-corrected chi connectivity index (χ3v) is 9.69. The zero-order valence-electron chi connectivity index (χ0n) is 16.3. The highest BCUT2D eigenvalue weighted by molar-refractivity contribution is 6.74. The van der Waals surface area contributed by atoms with Gasteiger partial charge in [0.15, 0.2) is 19.5 Å². The molecule has 1 heterocycles. The summed E-state index contributed by atoms with van der Waals surface area (Å²) in [6, 6.07) is 0. The number of carbonyl (C=O) groups excluding carboxylic acids is 1. The maximum absolute atomic E-state index is 11.7. The molecule has 0 N–H and O–H groups in total. The van der Waals surface area contributed by atoms with Crippen LogP contribution in [0.3, 0.4) is 0 Å². The Morgan fingerprint density at radius 1 is 1.35 bits per heavy atom. The van der Waals surface area contributed by atoms with Crippen molar-refractivity contribution in [2.24, 2.45) is 0 Å². The van der Waals surface area contributed by atoms with Crippen molar-refractivity contribution < 1.29 is 18.7 Å². The average molecular weight is 371 g/mol. The molecule has 0 aromatic rings. The van der Waals surface area contributed by atoms with Crippen molar-refractivity contribution >= 4 is 14.6 Å². The van der Waals surface area contributed by atoms with Crippen LogP contribution in [-0.4, -0.2) is 39.5 Å². The molecule has 5 heteroatoms. The number of rotatable bonds is 4. The first-order valence-electron chi connectivity index (χ1n) is 8.50. The monoisotopic (exact) mass is 370 g/mol. The predicted molar refractivity (Wildman–Crippen MR) is 105 cm³/mol. The minimum absolute atomic E-state index is 0.0456. The maximum atomic E-state index is 11.7. The van der Waals surface area contributed by atoms with Gasteiger partial charge in [0.05, 0.1) is 13.7 Å². The van der Waals surface area contributed by atoms with Gasteiger partial charge in [0.25, 0.3) is 0 Å². The summed E-state index contributed by atoms with van der Waals surface area (Å²) < 4.78 is 18.0. The van der Waals surface area contributed by atoms with E-state index in [9.17, 15) is 4.79 Å². The molecule has 0 bridgehead atoms. The topological polar surface area (TPSA) is 48.1 Å². The second kappa shape index (κ2) is 6.93. The summed E-state index contributed by atoms with van der Waals surface area (Å²) in [6.45, 7) is 11.1. The van der Waals surface area contributed by atoms with Gasteiger partial charge in [-0.3, -0.25) is 4.79 Å². The maximum Gasteiger partial charge on any atom is 0.194 e. The number of aldehydes is 1. The van der Waals surface area contributed by atoms with Gasteiger partial charge >= 0.3 is 0 Å². The number of hydrogen-bond acceptors (Lipinski definition) is 4. The molecular weight excluding hydrogens is 344 g/mol. The Labute approximate surface area is 157 Å². The van der Waals surface area contributed by atoms with Crippen LogP contribution in [0.2, 0.25) is 18.1 Å². The number of hydrogen-bond donors (Lipinski definition) is 0. The van der Waals surface area contributed by atoms with E-state index in [4.69, 9.17) is 20.3 Å². The minimum Gasteiger partial charge on any atom is -0.497 e. The minimum atomic E-state index is -2.26. The number of ether oxygens (including phenoxy) is 2. The fourth-order valence-corrected chi connectivity index (χ4v) is 4.00. The zero-order chi connectivity index (χ0) is 19.6. The molecule has 1 aliphatic carbocycles. The van der Waals surface area contributed by atoms with Crippen LogP contribution in [0.15, 0.2) is 35.6 Å². The largest absolute Gasteiger partial charge is 0.497 e. The van der Waals surface area contributed by atoms with Crippen molar-refractivity contribution in [2.45, 2.75) is 50.1 Å². The van der Waals surface area contributed by atoms with Crippen LogP contribution < -0.4 is 0 Å². The highest BCUT2D eigenvalue weighted by atomic mass is 28.4. The van der Waals surface area contributed by atoms with E-state index in [0.29, 0.717) is 17.9 Å². The van der Waals surface area contributed by atoms with Crippen LogP contribution in [0.25, 0.3) is 0 Å². The van der Waals surface area contributed by atoms with Crippen LogP contribution >= 0.6 is 0 Å². The molecule has 4 nitrogen and oxygen atoms in total. The summed E-state index contributed by atoms with van der Waals surface area (Å²) in [6.07, 6.45) is 12.7. The van der Waals surface area contributed by atoms with Gasteiger partial charge in [-0.1, -0.05) is 38.5 Å². The summed E-state index contributed by atoms with van der Waals surface area (Å²) in [5.41, 5.74) is -1.53. The van der Waals surface area contributed by atoms with E-state index >= 15 is 0 Å². The van der Waals surface area contributed by atoms with Gasteiger partial charge in [-0.2, -0.15) is 0 Å². The number of carbonyl (C=O) groups is 1. The molecule has 2 atom stereocenters. The van der Waals surface area contributed by atoms with Crippen molar-refractivity contribution in [2.75, 3.05) is 13.7 Å². The lowest BCUT2D eigenvalue weighted by Crippen LogP contribution is -2.57. The third-order valence-electron chi connectivity index (χ3n) is 5.25. The normalized spacial score (nSPS) is 27.9. The molecular formula is C21H26O4Si. The highest BCUT2D eigenvalue weighted by Gasteiger charge is 2.67. The first-order valence-corrected chi connectivity index (χ1v) is 11.4. The second-order valence-electron chi connectivity index (χ2n) is 7.95. The Morgan fingerprint density at radius 3 is 2.46 bits per heavy atom. The Balaban J connectivity index is 2.64. The highest BCUT2D eigenvalue weighted by Crippen LogP contribution is 2.53. The van der Waals surface area contributed by atoms with Gasteiger partial charge in [0.1, 0.15) is 12.0 Å². The Morgan fingerprint density at radius 2 is 2.00 bits per heavy atom. The van der Waals surface area contributed by atoms with Crippen molar-refractivity contribution in [3.8, 4) is 24.2 Å². The molecule has 0 saturated carbocycles. The molecule has 0 aromatic heterocycles. The third kappa shape index (κ3) is 3.44. The van der Waals surface area contributed by atoms with Crippen molar-refractivity contribution in [3.63, 3.8) is 0 Å². The zero-order valence-corrected chi connectivity index (χ0v) is 17.3. The van der Waals surface area contributed by atoms with Gasteiger partial charge in [-0.25, -0.2) is 0 Å². The second-order valence-corrected chi connectivity index (χ2v) is 12.7. The number of allylic oxidation sites excluding steroid dienone is 3. The molecule has 1 fully saturated rings. The molecule has 0 amide bonds. The first-order chi connectivity index (χ1) is 12.1. The molecule has 1 saturated heterocycles. The van der Waals surface area contributed by atoms with E-state index < -0.39 is 19.5 Å². The van der Waals surface area contributed by atoms with E-state index in [1.165, 1.54) is 6.08 Å².